The van der Waals surface area contributed by atoms with Gasteiger partial charge in [0, 0.05) is 29.1 Å². The number of hydrogen-bond donors (Lipinski definition) is 1. The Morgan fingerprint density at radius 3 is 2.68 bits per heavy atom. The third kappa shape index (κ3) is 4.19. The van der Waals surface area contributed by atoms with Crippen molar-refractivity contribution < 1.29 is 22.8 Å². The maximum absolute atomic E-state index is 12.5. The number of para-hydroxylation sites is 1. The van der Waals surface area contributed by atoms with Gasteiger partial charge < -0.3 is 10.2 Å². The van der Waals surface area contributed by atoms with Gasteiger partial charge in [0.15, 0.2) is 0 Å². The number of likely N-dealkylation sites (tertiary alicyclic amines) is 1. The number of hydrogen-bond acceptors (Lipinski definition) is 3. The average molecular weight is 368 g/mol. The van der Waals surface area contributed by atoms with Crippen molar-refractivity contribution in [1.29, 1.82) is 0 Å². The van der Waals surface area contributed by atoms with E-state index in [1.165, 1.54) is 11.3 Å². The van der Waals surface area contributed by atoms with E-state index in [1.54, 1.807) is 12.1 Å². The molecule has 1 aliphatic rings. The minimum atomic E-state index is -4.47. The third-order valence-corrected chi connectivity index (χ3v) is 4.83. The van der Waals surface area contributed by atoms with Crippen molar-refractivity contribution >= 4 is 28.8 Å². The third-order valence-electron chi connectivity index (χ3n) is 3.93. The lowest BCUT2D eigenvalue weighted by atomic mass is 10.1. The number of anilines is 1. The molecule has 3 rings (SSSR count). The Morgan fingerprint density at radius 2 is 2.00 bits per heavy atom. The first-order valence-corrected chi connectivity index (χ1v) is 8.50. The van der Waals surface area contributed by atoms with Gasteiger partial charge >= 0.3 is 6.18 Å². The largest absolute Gasteiger partial charge is 0.406 e. The monoisotopic (exact) mass is 368 g/mol. The van der Waals surface area contributed by atoms with E-state index in [9.17, 15) is 22.8 Å². The van der Waals surface area contributed by atoms with E-state index in [-0.39, 0.29) is 13.0 Å². The van der Waals surface area contributed by atoms with Crippen molar-refractivity contribution in [2.45, 2.75) is 12.6 Å². The molecule has 1 aromatic carbocycles. The molecule has 2 aromatic rings. The first-order valence-electron chi connectivity index (χ1n) is 7.62. The number of nitrogens with one attached hydrogen (secondary N) is 1. The lowest BCUT2D eigenvalue weighted by molar-refractivity contribution is -0.157. The number of carbonyl (C=O) groups excluding carboxylic acids is 2. The van der Waals surface area contributed by atoms with Gasteiger partial charge in [-0.3, -0.25) is 9.59 Å². The first-order chi connectivity index (χ1) is 11.8. The predicted molar refractivity (Wildman–Crippen MR) is 89.1 cm³/mol. The number of rotatable bonds is 4. The van der Waals surface area contributed by atoms with Crippen LogP contribution in [0, 0.1) is 5.92 Å². The Labute approximate surface area is 146 Å². The summed E-state index contributed by atoms with van der Waals surface area (Å²) in [6.07, 6.45) is -4.67. The van der Waals surface area contributed by atoms with Gasteiger partial charge in [-0.1, -0.05) is 24.3 Å². The Balaban J connectivity index is 1.71. The van der Waals surface area contributed by atoms with Crippen molar-refractivity contribution in [2.24, 2.45) is 5.92 Å². The quantitative estimate of drug-likeness (QED) is 0.893. The van der Waals surface area contributed by atoms with E-state index in [0.717, 1.165) is 10.4 Å². The van der Waals surface area contributed by atoms with E-state index in [0.29, 0.717) is 10.6 Å². The van der Waals surface area contributed by atoms with Crippen LogP contribution in [-0.2, 0) is 9.59 Å². The van der Waals surface area contributed by atoms with Crippen LogP contribution in [0.15, 0.2) is 41.8 Å². The molecule has 1 N–H and O–H groups in total. The number of alkyl halides is 3. The fraction of sp³-hybridized carbons (Fsp3) is 0.294. The predicted octanol–water partition coefficient (Wildman–Crippen LogP) is 3.76. The standard InChI is InChI=1S/C17H15F3N2O2S/c18-17(19,20)10-22-9-11(8-15(22)23)16(24)21-13-5-2-1-4-12(13)14-6-3-7-25-14/h1-7,11H,8-10H2,(H,21,24). The van der Waals surface area contributed by atoms with Crippen LogP contribution >= 0.6 is 11.3 Å². The van der Waals surface area contributed by atoms with Gasteiger partial charge in [0.1, 0.15) is 6.54 Å². The zero-order valence-corrected chi connectivity index (χ0v) is 13.9. The summed E-state index contributed by atoms with van der Waals surface area (Å²) in [6, 6.07) is 11.0. The van der Waals surface area contributed by atoms with Crippen LogP contribution in [0.1, 0.15) is 6.42 Å². The summed E-state index contributed by atoms with van der Waals surface area (Å²) in [7, 11) is 0. The molecule has 1 aromatic heterocycles. The van der Waals surface area contributed by atoms with Crippen molar-refractivity contribution in [3.05, 3.63) is 41.8 Å². The van der Waals surface area contributed by atoms with Crippen molar-refractivity contribution in [2.75, 3.05) is 18.4 Å². The molecule has 25 heavy (non-hydrogen) atoms. The summed E-state index contributed by atoms with van der Waals surface area (Å²) in [5.74, 6) is -1.88. The average Bonchev–Trinajstić information content (AvgIpc) is 3.17. The molecule has 1 unspecified atom stereocenters. The molecule has 0 radical (unpaired) electrons. The molecule has 2 heterocycles. The minimum absolute atomic E-state index is 0.205. The first kappa shape index (κ1) is 17.5. The number of halogens is 3. The summed E-state index contributed by atoms with van der Waals surface area (Å²) in [5.41, 5.74) is 1.42. The maximum atomic E-state index is 12.5. The highest BCUT2D eigenvalue weighted by Gasteiger charge is 2.40. The fourth-order valence-corrected chi connectivity index (χ4v) is 3.56. The molecule has 0 saturated carbocycles. The SMILES string of the molecule is O=C(Nc1ccccc1-c1cccs1)C1CC(=O)N(CC(F)(F)F)C1. The molecule has 2 amide bonds. The highest BCUT2D eigenvalue weighted by Crippen LogP contribution is 2.32. The highest BCUT2D eigenvalue weighted by molar-refractivity contribution is 7.13. The Bertz CT molecular complexity index is 774. The van der Waals surface area contributed by atoms with E-state index in [1.807, 2.05) is 29.6 Å². The molecule has 1 atom stereocenters. The second kappa shape index (κ2) is 6.87. The normalized spacial score (nSPS) is 17.8. The molecular formula is C17H15F3N2O2S. The highest BCUT2D eigenvalue weighted by atomic mass is 32.1. The zero-order chi connectivity index (χ0) is 18.0. The van der Waals surface area contributed by atoms with Crippen LogP contribution in [0.4, 0.5) is 18.9 Å². The molecule has 4 nitrogen and oxygen atoms in total. The van der Waals surface area contributed by atoms with Gasteiger partial charge in [-0.2, -0.15) is 13.2 Å². The second-order valence-corrected chi connectivity index (χ2v) is 6.75. The zero-order valence-electron chi connectivity index (χ0n) is 13.0. The van der Waals surface area contributed by atoms with E-state index < -0.39 is 30.5 Å². The maximum Gasteiger partial charge on any atom is 0.406 e. The summed E-state index contributed by atoms with van der Waals surface area (Å²) in [5, 5.41) is 4.67. The van der Waals surface area contributed by atoms with E-state index >= 15 is 0 Å². The second-order valence-electron chi connectivity index (χ2n) is 5.80. The van der Waals surface area contributed by atoms with Crippen LogP contribution in [0.5, 0.6) is 0 Å². The van der Waals surface area contributed by atoms with E-state index in [4.69, 9.17) is 0 Å². The van der Waals surface area contributed by atoms with Crippen molar-refractivity contribution in [3.8, 4) is 10.4 Å². The van der Waals surface area contributed by atoms with Crippen molar-refractivity contribution in [1.82, 2.24) is 4.90 Å². The molecule has 132 valence electrons. The van der Waals surface area contributed by atoms with Crippen LogP contribution in [0.3, 0.4) is 0 Å². The number of thiophene rings is 1. The summed E-state index contributed by atoms with van der Waals surface area (Å²) in [4.78, 5) is 25.8. The lowest BCUT2D eigenvalue weighted by Gasteiger charge is -2.18. The van der Waals surface area contributed by atoms with Crippen LogP contribution in [0.2, 0.25) is 0 Å². The Hall–Kier alpha value is -2.35. The summed E-state index contributed by atoms with van der Waals surface area (Å²) >= 11 is 1.52. The van der Waals surface area contributed by atoms with E-state index in [2.05, 4.69) is 5.32 Å². The molecular weight excluding hydrogens is 353 g/mol. The number of amides is 2. The number of benzene rings is 1. The van der Waals surface area contributed by atoms with Gasteiger partial charge in [0.25, 0.3) is 0 Å². The number of carbonyl (C=O) groups is 2. The van der Waals surface area contributed by atoms with Gasteiger partial charge in [0.2, 0.25) is 11.8 Å². The Kier molecular flexibility index (Phi) is 4.80. The van der Waals surface area contributed by atoms with Gasteiger partial charge in [-0.25, -0.2) is 0 Å². The van der Waals surface area contributed by atoms with Gasteiger partial charge in [-0.05, 0) is 17.5 Å². The van der Waals surface area contributed by atoms with Gasteiger partial charge in [0.05, 0.1) is 5.92 Å². The molecule has 1 aliphatic heterocycles. The van der Waals surface area contributed by atoms with Crippen LogP contribution in [0.25, 0.3) is 10.4 Å². The smallest absolute Gasteiger partial charge is 0.333 e. The minimum Gasteiger partial charge on any atom is -0.333 e. The molecule has 1 saturated heterocycles. The fourth-order valence-electron chi connectivity index (χ4n) is 2.79. The molecule has 1 fully saturated rings. The molecule has 8 heteroatoms. The Morgan fingerprint density at radius 1 is 1.24 bits per heavy atom. The van der Waals surface area contributed by atoms with Crippen LogP contribution < -0.4 is 5.32 Å². The number of nitrogens with zero attached hydrogens (tertiary/aromatic N) is 1. The van der Waals surface area contributed by atoms with Crippen molar-refractivity contribution in [3.63, 3.8) is 0 Å². The van der Waals surface area contributed by atoms with Crippen LogP contribution in [-0.4, -0.2) is 36.0 Å². The summed E-state index contributed by atoms with van der Waals surface area (Å²) in [6.45, 7) is -1.53. The molecule has 0 aliphatic carbocycles. The van der Waals surface area contributed by atoms with Gasteiger partial charge in [-0.15, -0.1) is 11.3 Å². The topological polar surface area (TPSA) is 49.4 Å². The molecule has 0 spiro atoms. The molecule has 0 bridgehead atoms. The lowest BCUT2D eigenvalue weighted by Crippen LogP contribution is -2.36. The summed E-state index contributed by atoms with van der Waals surface area (Å²) < 4.78 is 37.4.